The van der Waals surface area contributed by atoms with Crippen molar-refractivity contribution >= 4 is 16.7 Å². The summed E-state index contributed by atoms with van der Waals surface area (Å²) >= 11 is 0. The highest BCUT2D eigenvalue weighted by Gasteiger charge is 2.40. The van der Waals surface area contributed by atoms with Crippen LogP contribution in [0.4, 0.5) is 0 Å². The fourth-order valence-electron chi connectivity index (χ4n) is 2.89. The molecule has 0 aliphatic rings. The zero-order chi connectivity index (χ0) is 16.4. The molecule has 2 atom stereocenters. The molecule has 0 radical (unpaired) electrons. The van der Waals surface area contributed by atoms with Crippen molar-refractivity contribution in [2.45, 2.75) is 18.4 Å². The summed E-state index contributed by atoms with van der Waals surface area (Å²) in [6, 6.07) is 16.7. The molecule has 4 heteroatoms. The molecule has 1 amide bonds. The topological polar surface area (TPSA) is 82.0 Å². The maximum absolute atomic E-state index is 12.2. The van der Waals surface area contributed by atoms with E-state index >= 15 is 0 Å². The molecule has 0 saturated carbocycles. The van der Waals surface area contributed by atoms with Crippen molar-refractivity contribution in [2.24, 2.45) is 11.5 Å². The van der Waals surface area contributed by atoms with Crippen LogP contribution in [0.5, 0.6) is 0 Å². The smallest absolute Gasteiger partial charge is 0.229 e. The van der Waals surface area contributed by atoms with Crippen molar-refractivity contribution < 1.29 is 4.79 Å². The van der Waals surface area contributed by atoms with E-state index in [2.05, 4.69) is 4.98 Å². The van der Waals surface area contributed by atoms with Crippen molar-refractivity contribution in [3.63, 3.8) is 0 Å². The number of primary amides is 1. The van der Waals surface area contributed by atoms with Crippen LogP contribution in [0, 0.1) is 0 Å². The number of fused-ring (bicyclic) bond motifs is 1. The Morgan fingerprint density at radius 3 is 2.52 bits per heavy atom. The second-order valence-electron chi connectivity index (χ2n) is 5.89. The summed E-state index contributed by atoms with van der Waals surface area (Å²) in [6.07, 6.45) is 3.54. The Bertz CT molecular complexity index is 847. The largest absolute Gasteiger partial charge is 0.369 e. The van der Waals surface area contributed by atoms with Crippen LogP contribution in [0.3, 0.4) is 0 Å². The average Bonchev–Trinajstić information content (AvgIpc) is 2.60. The number of nitrogens with zero attached hydrogens (tertiary/aromatic N) is 1. The minimum absolute atomic E-state index is 0.439. The lowest BCUT2D eigenvalue weighted by atomic mass is 9.73. The molecule has 1 heterocycles. The van der Waals surface area contributed by atoms with Gasteiger partial charge in [-0.15, -0.1) is 0 Å². The Kier molecular flexibility index (Phi) is 3.84. The number of pyridine rings is 1. The quantitative estimate of drug-likeness (QED) is 0.777. The van der Waals surface area contributed by atoms with Gasteiger partial charge >= 0.3 is 0 Å². The Morgan fingerprint density at radius 1 is 1.09 bits per heavy atom. The molecule has 0 fully saturated rings. The minimum Gasteiger partial charge on any atom is -0.369 e. The van der Waals surface area contributed by atoms with Crippen molar-refractivity contribution in [3.8, 4) is 0 Å². The van der Waals surface area contributed by atoms with E-state index in [0.29, 0.717) is 0 Å². The first-order chi connectivity index (χ1) is 11.0. The van der Waals surface area contributed by atoms with E-state index < -0.39 is 17.4 Å². The molecule has 0 bridgehead atoms. The maximum Gasteiger partial charge on any atom is 0.229 e. The lowest BCUT2D eigenvalue weighted by Gasteiger charge is -2.33. The number of hydrogen-bond acceptors (Lipinski definition) is 3. The summed E-state index contributed by atoms with van der Waals surface area (Å²) < 4.78 is 0. The normalized spacial score (nSPS) is 15.0. The van der Waals surface area contributed by atoms with Gasteiger partial charge in [-0.1, -0.05) is 42.5 Å². The first-order valence-corrected chi connectivity index (χ1v) is 7.48. The lowest BCUT2D eigenvalue weighted by molar-refractivity contribution is -0.123. The van der Waals surface area contributed by atoms with Crippen molar-refractivity contribution in [3.05, 3.63) is 78.1 Å². The van der Waals surface area contributed by atoms with Gasteiger partial charge in [0.2, 0.25) is 5.91 Å². The van der Waals surface area contributed by atoms with E-state index in [-0.39, 0.29) is 0 Å². The number of benzene rings is 2. The number of nitrogens with two attached hydrogens (primary N) is 2. The molecule has 4 N–H and O–H groups in total. The summed E-state index contributed by atoms with van der Waals surface area (Å²) in [5.74, 6) is -0.439. The summed E-state index contributed by atoms with van der Waals surface area (Å²) in [5, 5.41) is 2.07. The average molecular weight is 305 g/mol. The molecule has 0 aliphatic heterocycles. The monoisotopic (exact) mass is 305 g/mol. The van der Waals surface area contributed by atoms with Crippen molar-refractivity contribution in [1.29, 1.82) is 0 Å². The van der Waals surface area contributed by atoms with Gasteiger partial charge in [0.1, 0.15) is 0 Å². The van der Waals surface area contributed by atoms with Crippen LogP contribution >= 0.6 is 0 Å². The first-order valence-electron chi connectivity index (χ1n) is 7.48. The summed E-state index contributed by atoms with van der Waals surface area (Å²) in [5.41, 5.74) is 12.9. The zero-order valence-electron chi connectivity index (χ0n) is 12.9. The van der Waals surface area contributed by atoms with E-state index in [9.17, 15) is 4.79 Å². The third-order valence-corrected chi connectivity index (χ3v) is 4.53. The standard InChI is InChI=1S/C19H19N3O/c1-19(18(21)23,16-5-3-2-4-6-16)17(20)14-7-8-15-12-22-10-9-13(15)11-14/h2-12,17H,20H2,1H3,(H2,21,23). The predicted molar refractivity (Wildman–Crippen MR) is 91.7 cm³/mol. The minimum atomic E-state index is -0.984. The van der Waals surface area contributed by atoms with E-state index in [4.69, 9.17) is 11.5 Å². The van der Waals surface area contributed by atoms with Crippen LogP contribution in [0.1, 0.15) is 24.1 Å². The number of hydrogen-bond donors (Lipinski definition) is 2. The van der Waals surface area contributed by atoms with Crippen LogP contribution in [-0.2, 0) is 10.2 Å². The number of rotatable bonds is 4. The molecule has 4 nitrogen and oxygen atoms in total. The fraction of sp³-hybridized carbons (Fsp3) is 0.158. The summed E-state index contributed by atoms with van der Waals surface area (Å²) in [6.45, 7) is 1.80. The molecular formula is C19H19N3O. The van der Waals surface area contributed by atoms with Gasteiger partial charge in [-0.2, -0.15) is 0 Å². The fourth-order valence-corrected chi connectivity index (χ4v) is 2.89. The van der Waals surface area contributed by atoms with Gasteiger partial charge in [0.25, 0.3) is 0 Å². The van der Waals surface area contributed by atoms with Crippen LogP contribution in [0.25, 0.3) is 10.8 Å². The number of aromatic nitrogens is 1. The lowest BCUT2D eigenvalue weighted by Crippen LogP contribution is -2.47. The third-order valence-electron chi connectivity index (χ3n) is 4.53. The predicted octanol–water partition coefficient (Wildman–Crippen LogP) is 2.68. The Balaban J connectivity index is 2.10. The van der Waals surface area contributed by atoms with E-state index in [1.54, 1.807) is 19.3 Å². The van der Waals surface area contributed by atoms with Crippen molar-refractivity contribution in [2.75, 3.05) is 0 Å². The molecule has 0 spiro atoms. The second-order valence-corrected chi connectivity index (χ2v) is 5.89. The molecule has 1 aromatic heterocycles. The Hall–Kier alpha value is -2.72. The number of carbonyl (C=O) groups excluding carboxylic acids is 1. The van der Waals surface area contributed by atoms with Gasteiger partial charge in [-0.25, -0.2) is 0 Å². The molecular weight excluding hydrogens is 286 g/mol. The molecule has 3 aromatic rings. The van der Waals surface area contributed by atoms with Gasteiger partial charge in [-0.3, -0.25) is 9.78 Å². The zero-order valence-corrected chi connectivity index (χ0v) is 12.9. The van der Waals surface area contributed by atoms with E-state index in [1.165, 1.54) is 0 Å². The van der Waals surface area contributed by atoms with Gasteiger partial charge < -0.3 is 11.5 Å². The summed E-state index contributed by atoms with van der Waals surface area (Å²) in [4.78, 5) is 16.3. The Morgan fingerprint density at radius 2 is 1.83 bits per heavy atom. The van der Waals surface area contributed by atoms with Gasteiger partial charge in [0.05, 0.1) is 5.41 Å². The highest BCUT2D eigenvalue weighted by atomic mass is 16.1. The second kappa shape index (κ2) is 5.82. The summed E-state index contributed by atoms with van der Waals surface area (Å²) in [7, 11) is 0. The number of amides is 1. The molecule has 0 aliphatic carbocycles. The number of carbonyl (C=O) groups is 1. The molecule has 3 rings (SSSR count). The van der Waals surface area contributed by atoms with E-state index in [0.717, 1.165) is 21.9 Å². The third kappa shape index (κ3) is 2.58. The molecule has 0 saturated heterocycles. The van der Waals surface area contributed by atoms with Crippen LogP contribution in [-0.4, -0.2) is 10.9 Å². The van der Waals surface area contributed by atoms with Crippen LogP contribution in [0.15, 0.2) is 67.0 Å². The first kappa shape index (κ1) is 15.2. The van der Waals surface area contributed by atoms with Gasteiger partial charge in [-0.05, 0) is 35.6 Å². The van der Waals surface area contributed by atoms with Crippen molar-refractivity contribution in [1.82, 2.24) is 4.98 Å². The Labute approximate surface area is 135 Å². The molecule has 23 heavy (non-hydrogen) atoms. The molecule has 2 unspecified atom stereocenters. The maximum atomic E-state index is 12.2. The highest BCUT2D eigenvalue weighted by molar-refractivity contribution is 5.88. The molecule has 116 valence electrons. The van der Waals surface area contributed by atoms with Gasteiger partial charge in [0.15, 0.2) is 0 Å². The SMILES string of the molecule is CC(C(N)=O)(c1ccccc1)C(N)c1ccc2cnccc2c1. The van der Waals surface area contributed by atoms with Crippen LogP contribution < -0.4 is 11.5 Å². The van der Waals surface area contributed by atoms with E-state index in [1.807, 2.05) is 54.6 Å². The highest BCUT2D eigenvalue weighted by Crippen LogP contribution is 2.36. The molecule has 2 aromatic carbocycles. The van der Waals surface area contributed by atoms with Crippen LogP contribution in [0.2, 0.25) is 0 Å². The van der Waals surface area contributed by atoms with Gasteiger partial charge in [0, 0.05) is 23.8 Å².